The molecule has 2 unspecified atom stereocenters. The normalized spacial score (nSPS) is 18.3. The van der Waals surface area contributed by atoms with Crippen molar-refractivity contribution in [3.8, 4) is 16.9 Å². The molecule has 0 N–H and O–H groups in total. The molecule has 0 bridgehead atoms. The molecule has 0 radical (unpaired) electrons. The Labute approximate surface area is 164 Å². The van der Waals surface area contributed by atoms with Gasteiger partial charge in [-0.3, -0.25) is 4.79 Å². The zero-order chi connectivity index (χ0) is 19.0. The Bertz CT molecular complexity index is 949. The lowest BCUT2D eigenvalue weighted by atomic mass is 10.1. The number of aromatic nitrogens is 2. The highest BCUT2D eigenvalue weighted by atomic mass is 35.5. The fraction of sp³-hybridized carbons (Fsp3) is 0.273. The van der Waals surface area contributed by atoms with Gasteiger partial charge in [0.2, 0.25) is 5.91 Å². The Morgan fingerprint density at radius 2 is 1.85 bits per heavy atom. The van der Waals surface area contributed by atoms with Crippen molar-refractivity contribution < 1.29 is 4.79 Å². The molecule has 1 aliphatic carbocycles. The first-order valence-corrected chi connectivity index (χ1v) is 9.55. The van der Waals surface area contributed by atoms with E-state index in [0.29, 0.717) is 17.5 Å². The van der Waals surface area contributed by atoms with Crippen molar-refractivity contribution in [2.24, 2.45) is 11.8 Å². The van der Waals surface area contributed by atoms with Gasteiger partial charge >= 0.3 is 0 Å². The average molecular weight is 380 g/mol. The first-order chi connectivity index (χ1) is 13.0. The molecule has 27 heavy (non-hydrogen) atoms. The van der Waals surface area contributed by atoms with Crippen LogP contribution in [0.5, 0.6) is 0 Å². The maximum absolute atomic E-state index is 12.6. The number of benzene rings is 2. The Kier molecular flexibility index (Phi) is 4.75. The molecule has 4 rings (SSSR count). The van der Waals surface area contributed by atoms with Gasteiger partial charge in [-0.25, -0.2) is 4.68 Å². The summed E-state index contributed by atoms with van der Waals surface area (Å²) in [4.78, 5) is 14.4. The summed E-state index contributed by atoms with van der Waals surface area (Å²) in [6.07, 6.45) is 3.01. The van der Waals surface area contributed by atoms with E-state index in [0.717, 1.165) is 28.9 Å². The van der Waals surface area contributed by atoms with Crippen LogP contribution in [0.15, 0.2) is 60.8 Å². The van der Waals surface area contributed by atoms with E-state index in [9.17, 15) is 4.79 Å². The van der Waals surface area contributed by atoms with E-state index in [-0.39, 0.29) is 11.8 Å². The highest BCUT2D eigenvalue weighted by Crippen LogP contribution is 2.39. The number of amides is 1. The third-order valence-electron chi connectivity index (χ3n) is 5.14. The highest BCUT2D eigenvalue weighted by Gasteiger charge is 2.40. The minimum atomic E-state index is 0.179. The summed E-state index contributed by atoms with van der Waals surface area (Å²) in [5.41, 5.74) is 3.87. The Morgan fingerprint density at radius 3 is 2.48 bits per heavy atom. The third-order valence-corrected chi connectivity index (χ3v) is 5.39. The molecule has 5 heteroatoms. The molecule has 1 aliphatic rings. The molecule has 2 atom stereocenters. The number of nitrogens with zero attached hydrogens (tertiary/aromatic N) is 3. The molecule has 0 aliphatic heterocycles. The number of para-hydroxylation sites is 1. The Morgan fingerprint density at radius 1 is 1.19 bits per heavy atom. The van der Waals surface area contributed by atoms with Crippen molar-refractivity contribution in [1.82, 2.24) is 14.7 Å². The number of rotatable bonds is 5. The Hall–Kier alpha value is -2.59. The lowest BCUT2D eigenvalue weighted by molar-refractivity contribution is -0.132. The quantitative estimate of drug-likeness (QED) is 0.638. The standard InChI is InChI=1S/C22H22ClN3O/c1-15-12-20(15)22(27)25(2)13-17-14-26(19-6-4-3-5-7-19)24-21(17)16-8-10-18(23)11-9-16/h3-11,14-15,20H,12-13H2,1-2H3. The first-order valence-electron chi connectivity index (χ1n) is 9.18. The van der Waals surface area contributed by atoms with Crippen LogP contribution in [0.4, 0.5) is 0 Å². The lowest BCUT2D eigenvalue weighted by Gasteiger charge is -2.17. The number of hydrogen-bond acceptors (Lipinski definition) is 2. The van der Waals surface area contributed by atoms with Crippen LogP contribution in [0.25, 0.3) is 16.9 Å². The number of hydrogen-bond donors (Lipinski definition) is 0. The fourth-order valence-corrected chi connectivity index (χ4v) is 3.50. The highest BCUT2D eigenvalue weighted by molar-refractivity contribution is 6.30. The van der Waals surface area contributed by atoms with Gasteiger partial charge in [-0.2, -0.15) is 5.10 Å². The Balaban J connectivity index is 1.68. The second-order valence-corrected chi connectivity index (χ2v) is 7.74. The summed E-state index contributed by atoms with van der Waals surface area (Å²) < 4.78 is 1.87. The minimum Gasteiger partial charge on any atom is -0.341 e. The second-order valence-electron chi connectivity index (χ2n) is 7.30. The molecular formula is C22H22ClN3O. The maximum atomic E-state index is 12.6. The van der Waals surface area contributed by atoms with E-state index < -0.39 is 0 Å². The van der Waals surface area contributed by atoms with Crippen LogP contribution in [0.3, 0.4) is 0 Å². The summed E-state index contributed by atoms with van der Waals surface area (Å²) in [5.74, 6) is 0.901. The zero-order valence-electron chi connectivity index (χ0n) is 15.5. The van der Waals surface area contributed by atoms with Gasteiger partial charge in [-0.15, -0.1) is 0 Å². The molecule has 1 saturated carbocycles. The van der Waals surface area contributed by atoms with Crippen LogP contribution in [0.1, 0.15) is 18.9 Å². The molecule has 4 nitrogen and oxygen atoms in total. The summed E-state index contributed by atoms with van der Waals surface area (Å²) in [7, 11) is 1.87. The van der Waals surface area contributed by atoms with Crippen molar-refractivity contribution in [1.29, 1.82) is 0 Å². The molecule has 1 aromatic heterocycles. The van der Waals surface area contributed by atoms with Crippen LogP contribution in [-0.4, -0.2) is 27.6 Å². The van der Waals surface area contributed by atoms with Crippen molar-refractivity contribution in [2.45, 2.75) is 19.9 Å². The van der Waals surface area contributed by atoms with E-state index in [1.807, 2.05) is 77.4 Å². The van der Waals surface area contributed by atoms with Crippen LogP contribution in [0, 0.1) is 11.8 Å². The molecule has 1 amide bonds. The summed E-state index contributed by atoms with van der Waals surface area (Å²) in [6.45, 7) is 2.66. The SMILES string of the molecule is CC1CC1C(=O)N(C)Cc1cn(-c2ccccc2)nc1-c1ccc(Cl)cc1. The minimum absolute atomic E-state index is 0.179. The van der Waals surface area contributed by atoms with Gasteiger partial charge in [0.05, 0.1) is 11.4 Å². The molecule has 0 spiro atoms. The molecule has 2 aromatic carbocycles. The van der Waals surface area contributed by atoms with Gasteiger partial charge in [0.15, 0.2) is 0 Å². The lowest BCUT2D eigenvalue weighted by Crippen LogP contribution is -2.28. The van der Waals surface area contributed by atoms with Gasteiger partial charge < -0.3 is 4.90 Å². The van der Waals surface area contributed by atoms with Gasteiger partial charge in [0.1, 0.15) is 0 Å². The van der Waals surface area contributed by atoms with E-state index in [1.165, 1.54) is 0 Å². The largest absolute Gasteiger partial charge is 0.341 e. The smallest absolute Gasteiger partial charge is 0.226 e. The fourth-order valence-electron chi connectivity index (χ4n) is 3.37. The summed E-state index contributed by atoms with van der Waals surface area (Å²) >= 11 is 6.04. The molecule has 0 saturated heterocycles. The van der Waals surface area contributed by atoms with E-state index in [4.69, 9.17) is 16.7 Å². The third kappa shape index (κ3) is 3.76. The van der Waals surface area contributed by atoms with Gasteiger partial charge in [-0.05, 0) is 36.6 Å². The predicted octanol–water partition coefficient (Wildman–Crippen LogP) is 4.81. The molecule has 1 fully saturated rings. The molecule has 1 heterocycles. The first kappa shape index (κ1) is 17.8. The van der Waals surface area contributed by atoms with E-state index in [1.54, 1.807) is 0 Å². The van der Waals surface area contributed by atoms with Crippen LogP contribution < -0.4 is 0 Å². The summed E-state index contributed by atoms with van der Waals surface area (Å²) in [5, 5.41) is 5.50. The number of halogens is 1. The topological polar surface area (TPSA) is 38.1 Å². The van der Waals surface area contributed by atoms with Crippen LogP contribution >= 0.6 is 11.6 Å². The van der Waals surface area contributed by atoms with Crippen molar-refractivity contribution >= 4 is 17.5 Å². The monoisotopic (exact) mass is 379 g/mol. The molecule has 3 aromatic rings. The van der Waals surface area contributed by atoms with Crippen molar-refractivity contribution in [3.63, 3.8) is 0 Å². The number of carbonyl (C=O) groups is 1. The second kappa shape index (κ2) is 7.20. The van der Waals surface area contributed by atoms with E-state index >= 15 is 0 Å². The summed E-state index contributed by atoms with van der Waals surface area (Å²) in [6, 6.07) is 17.7. The van der Waals surface area contributed by atoms with Crippen LogP contribution in [0.2, 0.25) is 5.02 Å². The van der Waals surface area contributed by atoms with Crippen LogP contribution in [-0.2, 0) is 11.3 Å². The molecule has 138 valence electrons. The predicted molar refractivity (Wildman–Crippen MR) is 108 cm³/mol. The maximum Gasteiger partial charge on any atom is 0.226 e. The van der Waals surface area contributed by atoms with Gasteiger partial charge in [0, 0.05) is 41.9 Å². The van der Waals surface area contributed by atoms with Gasteiger partial charge in [-0.1, -0.05) is 48.9 Å². The molecular weight excluding hydrogens is 358 g/mol. The van der Waals surface area contributed by atoms with Gasteiger partial charge in [0.25, 0.3) is 0 Å². The zero-order valence-corrected chi connectivity index (χ0v) is 16.2. The van der Waals surface area contributed by atoms with E-state index in [2.05, 4.69) is 6.92 Å². The van der Waals surface area contributed by atoms with Crippen molar-refractivity contribution in [2.75, 3.05) is 7.05 Å². The average Bonchev–Trinajstić information content (AvgIpc) is 3.27. The van der Waals surface area contributed by atoms with Crippen molar-refractivity contribution in [3.05, 3.63) is 71.4 Å². The number of carbonyl (C=O) groups excluding carboxylic acids is 1.